The van der Waals surface area contributed by atoms with E-state index < -0.39 is 9.53 Å². The van der Waals surface area contributed by atoms with Crippen LogP contribution in [-0.2, 0) is 13.3 Å². The lowest BCUT2D eigenvalue weighted by atomic mass is 10.4. The van der Waals surface area contributed by atoms with E-state index in [9.17, 15) is 0 Å². The number of rotatable bonds is 0. The van der Waals surface area contributed by atoms with E-state index in [1.54, 1.807) is 0 Å². The monoisotopic (exact) mass is 174 g/mol. The van der Waals surface area contributed by atoms with Crippen molar-refractivity contribution >= 4 is 9.53 Å². The molecule has 3 saturated heterocycles. The van der Waals surface area contributed by atoms with Gasteiger partial charge in [-0.15, -0.1) is 0 Å². The van der Waals surface area contributed by atoms with Crippen LogP contribution in [0.15, 0.2) is 0 Å². The second-order valence-electron chi connectivity index (χ2n) is 2.64. The van der Waals surface area contributed by atoms with E-state index >= 15 is 0 Å². The van der Waals surface area contributed by atoms with Gasteiger partial charge in [0.1, 0.15) is 0 Å². The molecular weight excluding hydrogens is 162 g/mol. The van der Waals surface area contributed by atoms with Crippen LogP contribution >= 0.6 is 0 Å². The highest BCUT2D eigenvalue weighted by molar-refractivity contribution is 6.36. The van der Waals surface area contributed by atoms with Gasteiger partial charge in [-0.25, -0.2) is 0 Å². The lowest BCUT2D eigenvalue weighted by Gasteiger charge is -2.30. The third kappa shape index (κ3) is 2.00. The molecular formula is C6H12NO3Si. The molecule has 3 heterocycles. The molecule has 0 unspecified atom stereocenters. The van der Waals surface area contributed by atoms with Gasteiger partial charge in [0.15, 0.2) is 0 Å². The minimum Gasteiger partial charge on any atom is -0.370 e. The molecule has 11 heavy (non-hydrogen) atoms. The summed E-state index contributed by atoms with van der Waals surface area (Å²) >= 11 is 0. The van der Waals surface area contributed by atoms with Gasteiger partial charge in [-0.3, -0.25) is 4.90 Å². The highest BCUT2D eigenvalue weighted by Crippen LogP contribution is 2.03. The fourth-order valence-electron chi connectivity index (χ4n) is 1.23. The van der Waals surface area contributed by atoms with Crippen LogP contribution in [0.2, 0.25) is 0 Å². The van der Waals surface area contributed by atoms with E-state index in [4.69, 9.17) is 13.3 Å². The minimum absolute atomic E-state index is 0.758. The van der Waals surface area contributed by atoms with Crippen molar-refractivity contribution in [3.63, 3.8) is 0 Å². The molecule has 3 aliphatic heterocycles. The molecule has 0 aromatic rings. The largest absolute Gasteiger partial charge is 0.577 e. The van der Waals surface area contributed by atoms with E-state index in [0.717, 1.165) is 39.5 Å². The standard InChI is InChI=1S/C6H12NO3Si/c1-4-8-11-9-5-2-7(1)3-6-10-11/h1-6H2. The molecule has 63 valence electrons. The van der Waals surface area contributed by atoms with Crippen LogP contribution in [-0.4, -0.2) is 53.9 Å². The number of nitrogens with zero attached hydrogens (tertiary/aromatic N) is 1. The summed E-state index contributed by atoms with van der Waals surface area (Å²) in [4.78, 5) is 2.30. The van der Waals surface area contributed by atoms with Crippen molar-refractivity contribution in [3.05, 3.63) is 0 Å². The number of hydrogen-bond acceptors (Lipinski definition) is 4. The van der Waals surface area contributed by atoms with Crippen molar-refractivity contribution in [2.24, 2.45) is 0 Å². The maximum atomic E-state index is 5.37. The highest BCUT2D eigenvalue weighted by atomic mass is 28.3. The quantitative estimate of drug-likeness (QED) is 0.457. The van der Waals surface area contributed by atoms with Crippen molar-refractivity contribution in [2.45, 2.75) is 0 Å². The highest BCUT2D eigenvalue weighted by Gasteiger charge is 2.25. The van der Waals surface area contributed by atoms with Crippen molar-refractivity contribution in [1.82, 2.24) is 4.90 Å². The van der Waals surface area contributed by atoms with Crippen LogP contribution in [0.3, 0.4) is 0 Å². The van der Waals surface area contributed by atoms with Gasteiger partial charge in [-0.1, -0.05) is 0 Å². The molecule has 0 saturated carbocycles. The summed E-state index contributed by atoms with van der Waals surface area (Å²) in [5.41, 5.74) is 0. The Balaban J connectivity index is 1.96. The molecule has 0 aromatic heterocycles. The molecule has 4 nitrogen and oxygen atoms in total. The first-order valence-electron chi connectivity index (χ1n) is 3.93. The Labute approximate surface area is 68.0 Å². The van der Waals surface area contributed by atoms with Crippen molar-refractivity contribution < 1.29 is 13.3 Å². The molecule has 0 amide bonds. The van der Waals surface area contributed by atoms with Crippen molar-refractivity contribution in [1.29, 1.82) is 0 Å². The molecule has 3 fully saturated rings. The number of hydrogen-bond donors (Lipinski definition) is 0. The predicted octanol–water partition coefficient (Wildman–Crippen LogP) is -0.650. The summed E-state index contributed by atoms with van der Waals surface area (Å²) < 4.78 is 16.1. The summed E-state index contributed by atoms with van der Waals surface area (Å²) in [5.74, 6) is 0. The Morgan fingerprint density at radius 1 is 0.818 bits per heavy atom. The Hall–Kier alpha value is 0.0569. The van der Waals surface area contributed by atoms with Gasteiger partial charge in [-0.2, -0.15) is 0 Å². The molecule has 0 N–H and O–H groups in total. The van der Waals surface area contributed by atoms with Crippen LogP contribution in [0.1, 0.15) is 0 Å². The SMILES string of the molecule is C1CN2CCO[Si](O1)OCC2. The zero-order valence-electron chi connectivity index (χ0n) is 6.41. The van der Waals surface area contributed by atoms with Crippen molar-refractivity contribution in [2.75, 3.05) is 39.5 Å². The minimum atomic E-state index is -1.35. The first-order chi connectivity index (χ1) is 5.45. The van der Waals surface area contributed by atoms with Crippen molar-refractivity contribution in [3.8, 4) is 0 Å². The summed E-state index contributed by atoms with van der Waals surface area (Å²) in [5, 5.41) is 0. The van der Waals surface area contributed by atoms with Gasteiger partial charge in [0.05, 0.1) is 19.8 Å². The summed E-state index contributed by atoms with van der Waals surface area (Å²) in [6.07, 6.45) is 0. The normalized spacial score (nSPS) is 29.5. The zero-order chi connectivity index (χ0) is 7.52. The molecule has 3 aliphatic rings. The smallest absolute Gasteiger partial charge is 0.370 e. The fraction of sp³-hybridized carbons (Fsp3) is 1.00. The molecule has 0 atom stereocenters. The molecule has 0 aliphatic carbocycles. The lowest BCUT2D eigenvalue weighted by molar-refractivity contribution is 0.0157. The maximum absolute atomic E-state index is 5.37. The van der Waals surface area contributed by atoms with E-state index in [0.29, 0.717) is 0 Å². The molecule has 2 bridgehead atoms. The second-order valence-corrected chi connectivity index (χ2v) is 4.00. The van der Waals surface area contributed by atoms with Gasteiger partial charge in [-0.05, 0) is 0 Å². The number of fused-ring (bicyclic) bond motifs is 6. The fourth-order valence-corrected chi connectivity index (χ4v) is 2.26. The Morgan fingerprint density at radius 2 is 1.27 bits per heavy atom. The molecule has 3 rings (SSSR count). The second kappa shape index (κ2) is 3.64. The lowest BCUT2D eigenvalue weighted by Crippen LogP contribution is -2.45. The summed E-state index contributed by atoms with van der Waals surface area (Å²) in [6.45, 7) is 5.36. The van der Waals surface area contributed by atoms with Gasteiger partial charge in [0.25, 0.3) is 0 Å². The van der Waals surface area contributed by atoms with E-state index in [1.807, 2.05) is 0 Å². The van der Waals surface area contributed by atoms with Gasteiger partial charge in [0, 0.05) is 19.6 Å². The average molecular weight is 174 g/mol. The van der Waals surface area contributed by atoms with Crippen LogP contribution in [0.5, 0.6) is 0 Å². The predicted molar refractivity (Wildman–Crippen MR) is 40.1 cm³/mol. The van der Waals surface area contributed by atoms with Crippen LogP contribution in [0.25, 0.3) is 0 Å². The Morgan fingerprint density at radius 3 is 1.73 bits per heavy atom. The van der Waals surface area contributed by atoms with E-state index in [-0.39, 0.29) is 0 Å². The molecule has 5 heteroatoms. The molecule has 0 aromatic carbocycles. The van der Waals surface area contributed by atoms with E-state index in [1.165, 1.54) is 0 Å². The topological polar surface area (TPSA) is 30.9 Å². The van der Waals surface area contributed by atoms with Gasteiger partial charge in [0.2, 0.25) is 0 Å². The summed E-state index contributed by atoms with van der Waals surface area (Å²) in [6, 6.07) is 0. The molecule has 1 radical (unpaired) electrons. The van der Waals surface area contributed by atoms with Gasteiger partial charge < -0.3 is 13.3 Å². The Kier molecular flexibility index (Phi) is 2.54. The van der Waals surface area contributed by atoms with Gasteiger partial charge >= 0.3 is 9.53 Å². The third-order valence-electron chi connectivity index (χ3n) is 1.88. The van der Waals surface area contributed by atoms with Crippen LogP contribution < -0.4 is 0 Å². The zero-order valence-corrected chi connectivity index (χ0v) is 7.41. The van der Waals surface area contributed by atoms with Crippen LogP contribution in [0, 0.1) is 0 Å². The average Bonchev–Trinajstić information content (AvgIpc) is 1.80. The first-order valence-corrected chi connectivity index (χ1v) is 5.15. The van der Waals surface area contributed by atoms with E-state index in [2.05, 4.69) is 4.90 Å². The first kappa shape index (κ1) is 7.69. The summed E-state index contributed by atoms with van der Waals surface area (Å²) in [7, 11) is -1.35. The Bertz CT molecular complexity index is 99.2. The molecule has 0 spiro atoms. The maximum Gasteiger partial charge on any atom is 0.577 e. The van der Waals surface area contributed by atoms with Crippen LogP contribution in [0.4, 0.5) is 0 Å². The third-order valence-corrected chi connectivity index (χ3v) is 3.20.